The average molecular weight is 219 g/mol. The van der Waals surface area contributed by atoms with E-state index in [1.807, 2.05) is 0 Å². The van der Waals surface area contributed by atoms with Crippen molar-refractivity contribution in [3.8, 4) is 0 Å². The molecule has 16 heavy (non-hydrogen) atoms. The summed E-state index contributed by atoms with van der Waals surface area (Å²) in [6, 6.07) is 11.3. The van der Waals surface area contributed by atoms with Crippen molar-refractivity contribution in [3.05, 3.63) is 65.2 Å². The van der Waals surface area contributed by atoms with Crippen LogP contribution >= 0.6 is 0 Å². The van der Waals surface area contributed by atoms with E-state index >= 15 is 0 Å². The third kappa shape index (κ3) is 2.19. The summed E-state index contributed by atoms with van der Waals surface area (Å²) < 4.78 is 26.3. The molecule has 0 aromatic heterocycles. The molecule has 0 heterocycles. The predicted octanol–water partition coefficient (Wildman–Crippen LogP) is 3.14. The van der Waals surface area contributed by atoms with E-state index in [9.17, 15) is 8.78 Å². The minimum Gasteiger partial charge on any atom is -0.399 e. The van der Waals surface area contributed by atoms with E-state index in [1.54, 1.807) is 30.3 Å². The highest BCUT2D eigenvalue weighted by atomic mass is 19.2. The van der Waals surface area contributed by atoms with Crippen LogP contribution in [-0.2, 0) is 6.42 Å². The maximum absolute atomic E-state index is 13.4. The Morgan fingerprint density at radius 3 is 2.31 bits per heavy atom. The van der Waals surface area contributed by atoms with Gasteiger partial charge in [-0.2, -0.15) is 0 Å². The van der Waals surface area contributed by atoms with E-state index in [1.165, 1.54) is 6.07 Å². The summed E-state index contributed by atoms with van der Waals surface area (Å²) in [5.41, 5.74) is 7.45. The molecule has 0 radical (unpaired) electrons. The van der Waals surface area contributed by atoms with Gasteiger partial charge >= 0.3 is 0 Å². The number of anilines is 1. The fourth-order valence-electron chi connectivity index (χ4n) is 1.54. The van der Waals surface area contributed by atoms with Gasteiger partial charge < -0.3 is 5.73 Å². The fourth-order valence-corrected chi connectivity index (χ4v) is 1.54. The van der Waals surface area contributed by atoms with Crippen molar-refractivity contribution in [2.24, 2.45) is 0 Å². The second-order valence-electron chi connectivity index (χ2n) is 3.63. The molecule has 2 N–H and O–H groups in total. The Kier molecular flexibility index (Phi) is 2.86. The molecule has 0 amide bonds. The molecule has 0 atom stereocenters. The first-order valence-electron chi connectivity index (χ1n) is 4.94. The standard InChI is InChI=1S/C13H11F2N/c14-12-3-1-2-10(13(12)15)8-9-4-6-11(16)7-5-9/h1-7H,8,16H2. The number of nitrogens with two attached hydrogens (primary N) is 1. The molecule has 0 fully saturated rings. The van der Waals surface area contributed by atoms with Gasteiger partial charge in [-0.15, -0.1) is 0 Å². The molecule has 82 valence electrons. The highest BCUT2D eigenvalue weighted by Gasteiger charge is 2.07. The monoisotopic (exact) mass is 219 g/mol. The summed E-state index contributed by atoms with van der Waals surface area (Å²) in [7, 11) is 0. The van der Waals surface area contributed by atoms with Crippen LogP contribution in [-0.4, -0.2) is 0 Å². The highest BCUT2D eigenvalue weighted by Crippen LogP contribution is 2.16. The Labute approximate surface area is 92.5 Å². The quantitative estimate of drug-likeness (QED) is 0.771. The van der Waals surface area contributed by atoms with Gasteiger partial charge in [-0.1, -0.05) is 24.3 Å². The fraction of sp³-hybridized carbons (Fsp3) is 0.0769. The molecule has 0 unspecified atom stereocenters. The molecule has 1 nitrogen and oxygen atoms in total. The lowest BCUT2D eigenvalue weighted by Crippen LogP contribution is -1.95. The summed E-state index contributed by atoms with van der Waals surface area (Å²) in [5.74, 6) is -1.59. The lowest BCUT2D eigenvalue weighted by molar-refractivity contribution is 0.501. The molecule has 0 bridgehead atoms. The zero-order valence-corrected chi connectivity index (χ0v) is 8.58. The van der Waals surface area contributed by atoms with Crippen LogP contribution in [0.4, 0.5) is 14.5 Å². The van der Waals surface area contributed by atoms with Gasteiger partial charge in [0.1, 0.15) is 0 Å². The first kappa shape index (κ1) is 10.6. The van der Waals surface area contributed by atoms with Gasteiger partial charge in [0.2, 0.25) is 0 Å². The van der Waals surface area contributed by atoms with Crippen molar-refractivity contribution in [2.75, 3.05) is 5.73 Å². The second kappa shape index (κ2) is 4.31. The number of nitrogen functional groups attached to an aromatic ring is 1. The van der Waals surface area contributed by atoms with Gasteiger partial charge in [-0.05, 0) is 29.3 Å². The molecule has 2 rings (SSSR count). The van der Waals surface area contributed by atoms with Gasteiger partial charge in [0, 0.05) is 12.1 Å². The number of benzene rings is 2. The molecule has 0 saturated heterocycles. The number of hydrogen-bond acceptors (Lipinski definition) is 1. The van der Waals surface area contributed by atoms with Crippen LogP contribution in [0.5, 0.6) is 0 Å². The smallest absolute Gasteiger partial charge is 0.162 e. The van der Waals surface area contributed by atoms with Crippen molar-refractivity contribution >= 4 is 5.69 Å². The van der Waals surface area contributed by atoms with Crippen molar-refractivity contribution < 1.29 is 8.78 Å². The van der Waals surface area contributed by atoms with E-state index in [4.69, 9.17) is 5.73 Å². The van der Waals surface area contributed by atoms with Crippen molar-refractivity contribution in [3.63, 3.8) is 0 Å². The zero-order chi connectivity index (χ0) is 11.5. The third-order valence-corrected chi connectivity index (χ3v) is 2.41. The van der Waals surface area contributed by atoms with E-state index in [0.29, 0.717) is 17.7 Å². The molecule has 3 heteroatoms. The van der Waals surface area contributed by atoms with E-state index in [-0.39, 0.29) is 0 Å². The van der Waals surface area contributed by atoms with Crippen LogP contribution < -0.4 is 5.73 Å². The SMILES string of the molecule is Nc1ccc(Cc2cccc(F)c2F)cc1. The molecular weight excluding hydrogens is 208 g/mol. The topological polar surface area (TPSA) is 26.0 Å². The Morgan fingerprint density at radius 2 is 1.62 bits per heavy atom. The predicted molar refractivity (Wildman–Crippen MR) is 60.0 cm³/mol. The van der Waals surface area contributed by atoms with Gasteiger partial charge in [-0.25, -0.2) is 8.78 Å². The van der Waals surface area contributed by atoms with E-state index < -0.39 is 11.6 Å². The molecule has 0 spiro atoms. The van der Waals surface area contributed by atoms with E-state index in [2.05, 4.69) is 0 Å². The lowest BCUT2D eigenvalue weighted by Gasteiger charge is -2.04. The van der Waals surface area contributed by atoms with Crippen molar-refractivity contribution in [2.45, 2.75) is 6.42 Å². The summed E-state index contributed by atoms with van der Waals surface area (Å²) in [5, 5.41) is 0. The van der Waals surface area contributed by atoms with Crippen LogP contribution in [0.25, 0.3) is 0 Å². The molecule has 0 aliphatic carbocycles. The molecule has 0 aliphatic heterocycles. The van der Waals surface area contributed by atoms with Gasteiger partial charge in [-0.3, -0.25) is 0 Å². The first-order valence-corrected chi connectivity index (χ1v) is 4.94. The van der Waals surface area contributed by atoms with Gasteiger partial charge in [0.15, 0.2) is 11.6 Å². The Hall–Kier alpha value is -1.90. The van der Waals surface area contributed by atoms with Crippen LogP contribution in [0.2, 0.25) is 0 Å². The van der Waals surface area contributed by atoms with Crippen molar-refractivity contribution in [1.29, 1.82) is 0 Å². The van der Waals surface area contributed by atoms with Crippen LogP contribution in [0.3, 0.4) is 0 Å². The van der Waals surface area contributed by atoms with E-state index in [0.717, 1.165) is 11.6 Å². The molecule has 0 aliphatic rings. The summed E-state index contributed by atoms with van der Waals surface area (Å²) in [6.07, 6.45) is 0.365. The Morgan fingerprint density at radius 1 is 0.938 bits per heavy atom. The zero-order valence-electron chi connectivity index (χ0n) is 8.58. The number of halogens is 2. The maximum Gasteiger partial charge on any atom is 0.162 e. The minimum absolute atomic E-state index is 0.352. The molecular formula is C13H11F2N. The second-order valence-corrected chi connectivity index (χ2v) is 3.63. The number of hydrogen-bond donors (Lipinski definition) is 1. The van der Waals surface area contributed by atoms with Crippen LogP contribution in [0.15, 0.2) is 42.5 Å². The lowest BCUT2D eigenvalue weighted by atomic mass is 10.0. The summed E-state index contributed by atoms with van der Waals surface area (Å²) in [4.78, 5) is 0. The Balaban J connectivity index is 2.27. The average Bonchev–Trinajstić information content (AvgIpc) is 2.28. The summed E-state index contributed by atoms with van der Waals surface area (Å²) >= 11 is 0. The number of rotatable bonds is 2. The first-order chi connectivity index (χ1) is 7.66. The minimum atomic E-state index is -0.812. The molecule has 2 aromatic carbocycles. The molecule has 2 aromatic rings. The Bertz CT molecular complexity index is 492. The van der Waals surface area contributed by atoms with Crippen LogP contribution in [0, 0.1) is 11.6 Å². The third-order valence-electron chi connectivity index (χ3n) is 2.41. The van der Waals surface area contributed by atoms with Crippen LogP contribution in [0.1, 0.15) is 11.1 Å². The van der Waals surface area contributed by atoms with Crippen molar-refractivity contribution in [1.82, 2.24) is 0 Å². The highest BCUT2D eigenvalue weighted by molar-refractivity contribution is 5.40. The normalized spacial score (nSPS) is 10.4. The molecule has 0 saturated carbocycles. The largest absolute Gasteiger partial charge is 0.399 e. The van der Waals surface area contributed by atoms with Gasteiger partial charge in [0.25, 0.3) is 0 Å². The van der Waals surface area contributed by atoms with Gasteiger partial charge in [0.05, 0.1) is 0 Å². The maximum atomic E-state index is 13.4. The summed E-state index contributed by atoms with van der Waals surface area (Å²) in [6.45, 7) is 0.